The number of aryl methyl sites for hydroxylation is 2. The molecule has 2 nitrogen and oxygen atoms in total. The summed E-state index contributed by atoms with van der Waals surface area (Å²) in [7, 11) is 0. The second kappa shape index (κ2) is 3.77. The summed E-state index contributed by atoms with van der Waals surface area (Å²) in [6.07, 6.45) is -4.39. The first-order chi connectivity index (χ1) is 7.86. The number of H-pyrrole nitrogens is 1. The summed E-state index contributed by atoms with van der Waals surface area (Å²) in [4.78, 5) is 2.42. The maximum atomic E-state index is 12.8. The minimum absolute atomic E-state index is 0.126. The van der Waals surface area contributed by atoms with E-state index < -0.39 is 11.9 Å². The predicted octanol–water partition coefficient (Wildman–Crippen LogP) is 3.26. The predicted molar refractivity (Wildman–Crippen MR) is 60.7 cm³/mol. The lowest BCUT2D eigenvalue weighted by molar-refractivity contribution is -0.141. The normalized spacial score (nSPS) is 12.4. The first-order valence-electron chi connectivity index (χ1n) is 5.24. The van der Waals surface area contributed by atoms with Crippen molar-refractivity contribution in [2.75, 3.05) is 0 Å². The van der Waals surface area contributed by atoms with Gasteiger partial charge in [0.25, 0.3) is 0 Å². The molecule has 0 aliphatic rings. The van der Waals surface area contributed by atoms with Gasteiger partial charge in [0.1, 0.15) is 5.69 Å². The number of hydrogen-bond donors (Lipinski definition) is 2. The SMILES string of the molecule is Cc1ccc2[nH]c(C(F)(F)F)c(CN)c2c1C. The standard InChI is InChI=1S/C12H13F3N2/c1-6-3-4-9-10(7(6)2)8(5-16)11(17-9)12(13,14)15/h3-4,17H,5,16H2,1-2H3. The van der Waals surface area contributed by atoms with Crippen LogP contribution in [0.3, 0.4) is 0 Å². The van der Waals surface area contributed by atoms with Crippen molar-refractivity contribution in [1.29, 1.82) is 0 Å². The number of hydrogen-bond acceptors (Lipinski definition) is 1. The third-order valence-corrected chi connectivity index (χ3v) is 3.09. The van der Waals surface area contributed by atoms with E-state index in [4.69, 9.17) is 5.73 Å². The maximum Gasteiger partial charge on any atom is 0.431 e. The molecule has 0 amide bonds. The van der Waals surface area contributed by atoms with E-state index in [9.17, 15) is 13.2 Å². The lowest BCUT2D eigenvalue weighted by atomic mass is 10.0. The molecule has 0 unspecified atom stereocenters. The molecule has 1 aromatic carbocycles. The Morgan fingerprint density at radius 2 is 1.88 bits per heavy atom. The summed E-state index contributed by atoms with van der Waals surface area (Å²) in [6, 6.07) is 3.46. The van der Waals surface area contributed by atoms with Gasteiger partial charge in [-0.1, -0.05) is 6.07 Å². The molecule has 0 radical (unpaired) electrons. The van der Waals surface area contributed by atoms with Crippen molar-refractivity contribution in [1.82, 2.24) is 4.98 Å². The van der Waals surface area contributed by atoms with Crippen molar-refractivity contribution in [3.05, 3.63) is 34.5 Å². The van der Waals surface area contributed by atoms with Gasteiger partial charge in [-0.15, -0.1) is 0 Å². The van der Waals surface area contributed by atoms with Crippen LogP contribution in [0.4, 0.5) is 13.2 Å². The lowest BCUT2D eigenvalue weighted by Crippen LogP contribution is -2.11. The molecule has 0 saturated heterocycles. The number of aromatic amines is 1. The summed E-state index contributed by atoms with van der Waals surface area (Å²) in [5, 5.41) is 0.597. The molecule has 0 aliphatic heterocycles. The van der Waals surface area contributed by atoms with E-state index in [2.05, 4.69) is 4.98 Å². The molecule has 1 heterocycles. The number of fused-ring (bicyclic) bond motifs is 1. The Morgan fingerprint density at radius 1 is 1.24 bits per heavy atom. The van der Waals surface area contributed by atoms with Crippen LogP contribution in [-0.2, 0) is 12.7 Å². The molecule has 0 bridgehead atoms. The summed E-state index contributed by atoms with van der Waals surface area (Å²) in [5.41, 5.74) is 7.16. The number of benzene rings is 1. The summed E-state index contributed by atoms with van der Waals surface area (Å²) < 4.78 is 38.5. The van der Waals surface area contributed by atoms with Gasteiger partial charge in [0.2, 0.25) is 0 Å². The average molecular weight is 242 g/mol. The van der Waals surface area contributed by atoms with E-state index in [0.717, 1.165) is 11.1 Å². The Hall–Kier alpha value is -1.49. The van der Waals surface area contributed by atoms with Crippen LogP contribution in [0.2, 0.25) is 0 Å². The third-order valence-electron chi connectivity index (χ3n) is 3.09. The number of nitrogens with one attached hydrogen (secondary N) is 1. The molecule has 17 heavy (non-hydrogen) atoms. The van der Waals surface area contributed by atoms with Gasteiger partial charge >= 0.3 is 6.18 Å². The fraction of sp³-hybridized carbons (Fsp3) is 0.333. The molecule has 3 N–H and O–H groups in total. The number of nitrogens with two attached hydrogens (primary N) is 1. The molecule has 0 aliphatic carbocycles. The second-order valence-electron chi connectivity index (χ2n) is 4.11. The number of alkyl halides is 3. The van der Waals surface area contributed by atoms with Crippen molar-refractivity contribution in [2.45, 2.75) is 26.6 Å². The summed E-state index contributed by atoms with van der Waals surface area (Å²) in [5.74, 6) is 0. The molecule has 0 atom stereocenters. The maximum absolute atomic E-state index is 12.8. The molecular weight excluding hydrogens is 229 g/mol. The van der Waals surface area contributed by atoms with Gasteiger partial charge in [-0.25, -0.2) is 0 Å². The van der Waals surface area contributed by atoms with Gasteiger partial charge in [-0.2, -0.15) is 13.2 Å². The molecule has 2 aromatic rings. The molecule has 92 valence electrons. The lowest BCUT2D eigenvalue weighted by Gasteiger charge is -2.07. The van der Waals surface area contributed by atoms with Gasteiger partial charge in [0.15, 0.2) is 0 Å². The van der Waals surface area contributed by atoms with Crippen molar-refractivity contribution < 1.29 is 13.2 Å². The highest BCUT2D eigenvalue weighted by molar-refractivity contribution is 5.89. The van der Waals surface area contributed by atoms with Gasteiger partial charge < -0.3 is 10.7 Å². The Bertz CT molecular complexity index is 567. The van der Waals surface area contributed by atoms with Crippen molar-refractivity contribution in [2.24, 2.45) is 5.73 Å². The van der Waals surface area contributed by atoms with Crippen LogP contribution in [0.25, 0.3) is 10.9 Å². The van der Waals surface area contributed by atoms with Crippen molar-refractivity contribution >= 4 is 10.9 Å². The van der Waals surface area contributed by atoms with Crippen LogP contribution in [0.1, 0.15) is 22.4 Å². The van der Waals surface area contributed by atoms with E-state index in [1.54, 1.807) is 12.1 Å². The average Bonchev–Trinajstić information content (AvgIpc) is 2.62. The molecule has 5 heteroatoms. The molecule has 2 rings (SSSR count). The van der Waals surface area contributed by atoms with Gasteiger partial charge in [-0.3, -0.25) is 0 Å². The van der Waals surface area contributed by atoms with Crippen LogP contribution >= 0.6 is 0 Å². The highest BCUT2D eigenvalue weighted by Crippen LogP contribution is 2.36. The van der Waals surface area contributed by atoms with E-state index in [1.807, 2.05) is 13.8 Å². The summed E-state index contributed by atoms with van der Waals surface area (Å²) >= 11 is 0. The Morgan fingerprint density at radius 3 is 2.41 bits per heavy atom. The quantitative estimate of drug-likeness (QED) is 0.791. The zero-order valence-electron chi connectivity index (χ0n) is 9.57. The molecule has 0 saturated carbocycles. The first-order valence-corrected chi connectivity index (χ1v) is 5.24. The largest absolute Gasteiger partial charge is 0.431 e. The summed E-state index contributed by atoms with van der Waals surface area (Å²) in [6.45, 7) is 3.55. The topological polar surface area (TPSA) is 41.8 Å². The number of rotatable bonds is 1. The Kier molecular flexibility index (Phi) is 2.66. The second-order valence-corrected chi connectivity index (χ2v) is 4.11. The number of aromatic nitrogens is 1. The zero-order valence-corrected chi connectivity index (χ0v) is 9.57. The van der Waals surface area contributed by atoms with E-state index in [-0.39, 0.29) is 12.1 Å². The third kappa shape index (κ3) is 1.80. The van der Waals surface area contributed by atoms with Crippen LogP contribution in [-0.4, -0.2) is 4.98 Å². The highest BCUT2D eigenvalue weighted by Gasteiger charge is 2.36. The van der Waals surface area contributed by atoms with Gasteiger partial charge in [0, 0.05) is 23.0 Å². The van der Waals surface area contributed by atoms with E-state index in [1.165, 1.54) is 0 Å². The Balaban J connectivity index is 2.86. The van der Waals surface area contributed by atoms with E-state index in [0.29, 0.717) is 10.9 Å². The highest BCUT2D eigenvalue weighted by atomic mass is 19.4. The van der Waals surface area contributed by atoms with Gasteiger partial charge in [0.05, 0.1) is 0 Å². The van der Waals surface area contributed by atoms with Crippen LogP contribution < -0.4 is 5.73 Å². The van der Waals surface area contributed by atoms with Crippen LogP contribution in [0.15, 0.2) is 12.1 Å². The van der Waals surface area contributed by atoms with Crippen LogP contribution in [0, 0.1) is 13.8 Å². The minimum atomic E-state index is -4.39. The molecule has 0 fully saturated rings. The first kappa shape index (κ1) is 12.0. The smallest absolute Gasteiger partial charge is 0.351 e. The fourth-order valence-electron chi connectivity index (χ4n) is 2.09. The van der Waals surface area contributed by atoms with Crippen molar-refractivity contribution in [3.8, 4) is 0 Å². The molecular formula is C12H13F3N2. The van der Waals surface area contributed by atoms with E-state index >= 15 is 0 Å². The van der Waals surface area contributed by atoms with Gasteiger partial charge in [-0.05, 0) is 31.0 Å². The number of halogens is 3. The molecule has 0 spiro atoms. The fourth-order valence-corrected chi connectivity index (χ4v) is 2.09. The zero-order chi connectivity index (χ0) is 12.8. The molecule has 1 aromatic heterocycles. The van der Waals surface area contributed by atoms with Crippen molar-refractivity contribution in [3.63, 3.8) is 0 Å². The minimum Gasteiger partial charge on any atom is -0.351 e. The van der Waals surface area contributed by atoms with Crippen LogP contribution in [0.5, 0.6) is 0 Å². The Labute approximate surface area is 96.6 Å². The monoisotopic (exact) mass is 242 g/mol.